The van der Waals surface area contributed by atoms with Gasteiger partial charge in [-0.25, -0.2) is 19.2 Å². The van der Waals surface area contributed by atoms with Gasteiger partial charge in [-0.2, -0.15) is 21.6 Å². The number of ketones is 3. The zero-order valence-corrected chi connectivity index (χ0v) is 65.5. The molecule has 0 atom stereocenters. The Morgan fingerprint density at radius 3 is 1.05 bits per heavy atom. The fourth-order valence-electron chi connectivity index (χ4n) is 15.1. The molecule has 4 spiro atoms. The molecule has 26 heteroatoms. The number of amides is 4. The lowest BCUT2D eigenvalue weighted by atomic mass is 9.73. The summed E-state index contributed by atoms with van der Waals surface area (Å²) in [7, 11) is -5.84. The average Bonchev–Trinajstić information content (AvgIpc) is 1.61. The first-order chi connectivity index (χ1) is 47.4. The van der Waals surface area contributed by atoms with Crippen LogP contribution in [-0.2, 0) is 54.9 Å². The number of hydrogen-bond donors (Lipinski definition) is 0. The first kappa shape index (κ1) is 80.5. The molecule has 4 fully saturated rings. The summed E-state index contributed by atoms with van der Waals surface area (Å²) in [5, 5.41) is 2.21. The minimum absolute atomic E-state index is 0.153. The second-order valence-electron chi connectivity index (χ2n) is 32.7. The Kier molecular flexibility index (Phi) is 22.9. The van der Waals surface area contributed by atoms with Crippen LogP contribution in [0.5, 0.6) is 0 Å². The predicted molar refractivity (Wildman–Crippen MR) is 391 cm³/mol. The Bertz CT molecular complexity index is 4010. The van der Waals surface area contributed by atoms with E-state index in [0.717, 1.165) is 88.6 Å². The fourth-order valence-corrected chi connectivity index (χ4v) is 16.2. The molecular weight excluding hydrogens is 1440 g/mol. The van der Waals surface area contributed by atoms with E-state index in [9.17, 15) is 55.2 Å². The van der Waals surface area contributed by atoms with Crippen molar-refractivity contribution in [1.82, 2.24) is 19.6 Å². The van der Waals surface area contributed by atoms with Gasteiger partial charge in [-0.05, 0) is 237 Å². The number of hydrogen-bond acceptors (Lipinski definition) is 14. The molecule has 4 saturated heterocycles. The Labute approximate surface area is 623 Å². The zero-order valence-electron chi connectivity index (χ0n) is 61.7. The smallest absolute Gasteiger partial charge is 0.444 e. The first-order valence-electron chi connectivity index (χ1n) is 34.9. The molecule has 4 aromatic rings. The maximum absolute atomic E-state index is 12.9. The third-order valence-corrected chi connectivity index (χ3v) is 23.1. The lowest BCUT2D eigenvalue weighted by molar-refractivity contribution is -0.0509. The third-order valence-electron chi connectivity index (χ3n) is 20.5. The molecular formula is C77H95Cl4F3N4O14S. The van der Waals surface area contributed by atoms with Crippen LogP contribution in [0.1, 0.15) is 235 Å². The summed E-state index contributed by atoms with van der Waals surface area (Å²) < 4.78 is 88.2. The molecule has 8 aliphatic rings. The molecule has 0 radical (unpaired) electrons. The first-order valence-corrected chi connectivity index (χ1v) is 37.8. The average molecular weight is 1530 g/mol. The van der Waals surface area contributed by atoms with Crippen molar-refractivity contribution >= 4 is 104 Å². The highest BCUT2D eigenvalue weighted by atomic mass is 35.5. The van der Waals surface area contributed by atoms with Gasteiger partial charge in [-0.1, -0.05) is 70.7 Å². The summed E-state index contributed by atoms with van der Waals surface area (Å²) in [6.45, 7) is 33.9. The number of fused-ring (bicyclic) bond motifs is 8. The number of alkyl halides is 3. The minimum atomic E-state index is -5.84. The summed E-state index contributed by atoms with van der Waals surface area (Å²) in [5.41, 5.74) is 1.13. The number of benzene rings is 4. The van der Waals surface area contributed by atoms with E-state index in [1.54, 1.807) is 48.5 Å². The molecule has 0 unspecified atom stereocenters. The molecule has 103 heavy (non-hydrogen) atoms. The van der Waals surface area contributed by atoms with Crippen molar-refractivity contribution in [1.29, 1.82) is 0 Å². The van der Waals surface area contributed by atoms with Gasteiger partial charge in [0, 0.05) is 136 Å². The van der Waals surface area contributed by atoms with Crippen LogP contribution in [0, 0.1) is 27.7 Å². The number of piperidine rings is 4. The molecule has 18 nitrogen and oxygen atoms in total. The highest BCUT2D eigenvalue weighted by molar-refractivity contribution is 7.87. The van der Waals surface area contributed by atoms with E-state index < -0.39 is 55.3 Å². The monoisotopic (exact) mass is 1530 g/mol. The normalized spacial score (nSPS) is 19.3. The van der Waals surface area contributed by atoms with Crippen molar-refractivity contribution < 1.29 is 78.3 Å². The molecule has 4 aliphatic carbocycles. The molecule has 4 amide bonds. The third kappa shape index (κ3) is 17.8. The lowest BCUT2D eigenvalue weighted by Crippen LogP contribution is -2.46. The van der Waals surface area contributed by atoms with E-state index in [2.05, 4.69) is 16.3 Å². The van der Waals surface area contributed by atoms with Crippen molar-refractivity contribution in [3.8, 4) is 0 Å². The van der Waals surface area contributed by atoms with Crippen molar-refractivity contribution in [2.45, 2.75) is 231 Å². The Morgan fingerprint density at radius 2 is 0.718 bits per heavy atom. The summed E-state index contributed by atoms with van der Waals surface area (Å²) >= 11 is 24.7. The zero-order chi connectivity index (χ0) is 76.5. The van der Waals surface area contributed by atoms with Gasteiger partial charge >= 0.3 is 40.0 Å². The number of likely N-dealkylation sites (tertiary alicyclic amines) is 4. The topological polar surface area (TPSA) is 213 Å². The van der Waals surface area contributed by atoms with Gasteiger partial charge in [0.25, 0.3) is 0 Å². The number of allylic oxidation sites excluding steroid dienone is 1. The van der Waals surface area contributed by atoms with Crippen LogP contribution in [0.3, 0.4) is 0 Å². The summed E-state index contributed by atoms with van der Waals surface area (Å²) in [6.07, 6.45) is 7.10. The number of carbonyl (C=O) groups is 7. The van der Waals surface area contributed by atoms with Gasteiger partial charge in [0.1, 0.15) is 28.2 Å². The van der Waals surface area contributed by atoms with Gasteiger partial charge in [0.15, 0.2) is 17.3 Å². The molecule has 0 aromatic heterocycles. The molecule has 4 aliphatic heterocycles. The Morgan fingerprint density at radius 1 is 0.417 bits per heavy atom. The predicted octanol–water partition coefficient (Wildman–Crippen LogP) is 18.6. The molecule has 4 heterocycles. The molecule has 0 N–H and O–H groups in total. The number of rotatable bonds is 2. The summed E-state index contributed by atoms with van der Waals surface area (Å²) in [5.74, 6) is 0.103. The van der Waals surface area contributed by atoms with Crippen molar-refractivity contribution in [2.24, 2.45) is 0 Å². The number of carbonyl (C=O) groups excluding carboxylic acids is 7. The number of halogens is 7. The van der Waals surface area contributed by atoms with Crippen LogP contribution in [0.25, 0.3) is 5.76 Å². The number of aryl methyl sites for hydroxylation is 3. The maximum atomic E-state index is 12.9. The van der Waals surface area contributed by atoms with Crippen LogP contribution < -0.4 is 0 Å². The fraction of sp³-hybridized carbons (Fsp3) is 0.571. The SMILES string of the molecule is Cc1c(Cl)ccc2c1C(=O)CC21CCN(C(=O)OC(C)(C)C)CC1.Cc1cc2c(cc1Cl)C(=O)CC21CCN(C(=O)OC(C)(C)C)CC1.Cc1cc2c(cc1Cl)C(=O)CC21CCN(C(=O)OC(C)(C)C)CC1.Cc1cc2c(cc1Cl)C(OS(=O)(=O)C(F)(F)F)=CC21CCN(C(=O)OC(C)(C)C)CC1. The van der Waals surface area contributed by atoms with Crippen LogP contribution in [0.4, 0.5) is 32.3 Å². The van der Waals surface area contributed by atoms with E-state index in [1.165, 1.54) is 17.0 Å². The second-order valence-corrected chi connectivity index (χ2v) is 35.9. The molecule has 12 rings (SSSR count). The van der Waals surface area contributed by atoms with Gasteiger partial charge in [0.2, 0.25) is 0 Å². The van der Waals surface area contributed by atoms with E-state index in [4.69, 9.17) is 65.4 Å². The molecule has 0 bridgehead atoms. The van der Waals surface area contributed by atoms with Gasteiger partial charge in [-0.15, -0.1) is 0 Å². The van der Waals surface area contributed by atoms with E-state index in [0.29, 0.717) is 97.6 Å². The van der Waals surface area contributed by atoms with Gasteiger partial charge < -0.3 is 42.7 Å². The van der Waals surface area contributed by atoms with Crippen LogP contribution in [-0.4, -0.2) is 150 Å². The Balaban J connectivity index is 0.000000160. The van der Waals surface area contributed by atoms with E-state index in [1.807, 2.05) is 107 Å². The minimum Gasteiger partial charge on any atom is -0.444 e. The maximum Gasteiger partial charge on any atom is 0.534 e. The standard InChI is InChI=1S/C20H23ClF3NO5S.3C19H24ClNO3/c1-12-9-14-13(10-15(12)21)16(30-31(27,28)20(22,23)24)11-19(14)5-7-25(8-6-19)17(26)29-18(2,3)4;2*1-12-9-14-13(10-15(12)20)16(22)11-19(14)5-7-21(8-6-19)17(23)24-18(2,3)4;1-12-14(20)6-5-13-16(12)15(22)11-19(13)7-9-21(10-8-19)17(23)24-18(2,3)4/h9-11H,5-8H2,1-4H3;2*9-10H,5-8,11H2,1-4H3;5-6H,7-11H2,1-4H3. The number of ether oxygens (including phenoxy) is 4. The molecule has 0 saturated carbocycles. The van der Waals surface area contributed by atoms with Crippen molar-refractivity contribution in [2.75, 3.05) is 52.4 Å². The lowest BCUT2D eigenvalue weighted by Gasteiger charge is -2.40. The Hall–Kier alpha value is -6.59. The highest BCUT2D eigenvalue weighted by Gasteiger charge is 2.53. The molecule has 4 aromatic carbocycles. The van der Waals surface area contributed by atoms with Crippen molar-refractivity contribution in [3.63, 3.8) is 0 Å². The summed E-state index contributed by atoms with van der Waals surface area (Å²) in [4.78, 5) is 93.3. The largest absolute Gasteiger partial charge is 0.534 e. The second kappa shape index (κ2) is 29.3. The van der Waals surface area contributed by atoms with Crippen LogP contribution in [0.15, 0.2) is 54.6 Å². The van der Waals surface area contributed by atoms with Gasteiger partial charge in [-0.3, -0.25) is 14.4 Å². The molecule has 562 valence electrons. The highest BCUT2D eigenvalue weighted by Crippen LogP contribution is 2.53. The van der Waals surface area contributed by atoms with Crippen LogP contribution in [0.2, 0.25) is 20.1 Å². The quantitative estimate of drug-likeness (QED) is 0.104. The van der Waals surface area contributed by atoms with Crippen LogP contribution >= 0.6 is 46.4 Å². The number of nitrogens with zero attached hydrogens (tertiary/aromatic N) is 4. The van der Waals surface area contributed by atoms with Gasteiger partial charge in [0.05, 0.1) is 0 Å². The number of Topliss-reactive ketones (excluding diaryl/α,β-unsaturated/α-hetero) is 3. The van der Waals surface area contributed by atoms with E-state index >= 15 is 0 Å². The summed E-state index contributed by atoms with van der Waals surface area (Å²) in [6, 6.07) is 14.8. The van der Waals surface area contributed by atoms with E-state index in [-0.39, 0.29) is 75.6 Å². The van der Waals surface area contributed by atoms with Crippen molar-refractivity contribution in [3.05, 3.63) is 141 Å².